The Balaban J connectivity index is 2.01. The maximum absolute atomic E-state index is 2.43. The molecule has 0 N–H and O–H groups in total. The number of aryl methyl sites for hydroxylation is 1. The maximum atomic E-state index is 2.43. The number of anilines is 3. The van der Waals surface area contributed by atoms with Gasteiger partial charge >= 0.3 is 0 Å². The Bertz CT molecular complexity index is 861. The summed E-state index contributed by atoms with van der Waals surface area (Å²) < 4.78 is 0. The average Bonchev–Trinajstić information content (AvgIpc) is 2.54. The predicted molar refractivity (Wildman–Crippen MR) is 95.3 cm³/mol. The van der Waals surface area contributed by atoms with Crippen molar-refractivity contribution in [3.63, 3.8) is 0 Å². The molecule has 3 aromatic carbocycles. The van der Waals surface area contributed by atoms with Crippen LogP contribution in [0.5, 0.6) is 0 Å². The van der Waals surface area contributed by atoms with Gasteiger partial charge in [-0.3, -0.25) is 0 Å². The number of rotatable bonds is 1. The van der Waals surface area contributed by atoms with Gasteiger partial charge in [-0.15, -0.1) is 0 Å². The van der Waals surface area contributed by atoms with E-state index < -0.39 is 0 Å². The molecule has 1 aliphatic heterocycles. The fraction of sp³-hybridized carbons (Fsp3) is 0.200. The molecule has 0 aromatic heterocycles. The Morgan fingerprint density at radius 3 is 2.18 bits per heavy atom. The second kappa shape index (κ2) is 4.77. The Morgan fingerprint density at radius 2 is 1.41 bits per heavy atom. The van der Waals surface area contributed by atoms with Crippen LogP contribution < -0.4 is 9.80 Å². The molecular weight excluding hydrogens is 268 g/mol. The van der Waals surface area contributed by atoms with E-state index in [9.17, 15) is 0 Å². The highest BCUT2D eigenvalue weighted by molar-refractivity contribution is 6.06. The van der Waals surface area contributed by atoms with Crippen LogP contribution >= 0.6 is 0 Å². The van der Waals surface area contributed by atoms with Gasteiger partial charge in [0.15, 0.2) is 0 Å². The summed E-state index contributed by atoms with van der Waals surface area (Å²) in [6, 6.07) is 19.7. The largest absolute Gasteiger partial charge is 0.356 e. The zero-order valence-corrected chi connectivity index (χ0v) is 13.3. The number of benzene rings is 3. The van der Waals surface area contributed by atoms with E-state index in [4.69, 9.17) is 0 Å². The minimum Gasteiger partial charge on any atom is -0.356 e. The van der Waals surface area contributed by atoms with Gasteiger partial charge in [-0.25, -0.2) is 0 Å². The van der Waals surface area contributed by atoms with Crippen LogP contribution in [0, 0.1) is 13.8 Å². The molecule has 0 saturated carbocycles. The summed E-state index contributed by atoms with van der Waals surface area (Å²) in [6.45, 7) is 5.27. The lowest BCUT2D eigenvalue weighted by molar-refractivity contribution is 0.876. The van der Waals surface area contributed by atoms with Crippen LogP contribution in [0.2, 0.25) is 0 Å². The molecule has 0 radical (unpaired) electrons. The zero-order chi connectivity index (χ0) is 15.3. The third-order valence-corrected chi connectivity index (χ3v) is 4.78. The summed E-state index contributed by atoms with van der Waals surface area (Å²) in [6.07, 6.45) is 0. The van der Waals surface area contributed by atoms with Crippen molar-refractivity contribution in [1.82, 2.24) is 0 Å². The van der Waals surface area contributed by atoms with Gasteiger partial charge in [-0.05, 0) is 48.6 Å². The van der Waals surface area contributed by atoms with Crippen molar-refractivity contribution in [2.24, 2.45) is 0 Å². The van der Waals surface area contributed by atoms with Crippen molar-refractivity contribution < 1.29 is 0 Å². The summed E-state index contributed by atoms with van der Waals surface area (Å²) in [5.74, 6) is 0. The fourth-order valence-corrected chi connectivity index (χ4v) is 3.44. The highest BCUT2D eigenvalue weighted by Gasteiger charge is 2.23. The first-order chi connectivity index (χ1) is 10.7. The highest BCUT2D eigenvalue weighted by atomic mass is 15.3. The molecule has 2 nitrogen and oxygen atoms in total. The predicted octanol–water partition coefficient (Wildman–Crippen LogP) is 5.00. The smallest absolute Gasteiger partial charge is 0.0949 e. The molecule has 0 amide bonds. The van der Waals surface area contributed by atoms with Gasteiger partial charge in [0.1, 0.15) is 0 Å². The molecule has 3 aromatic rings. The van der Waals surface area contributed by atoms with Crippen LogP contribution in [-0.4, -0.2) is 13.7 Å². The lowest BCUT2D eigenvalue weighted by Crippen LogP contribution is -2.36. The molecule has 2 heteroatoms. The van der Waals surface area contributed by atoms with Crippen molar-refractivity contribution >= 4 is 27.8 Å². The van der Waals surface area contributed by atoms with Crippen LogP contribution in [0.3, 0.4) is 0 Å². The van der Waals surface area contributed by atoms with E-state index in [1.807, 2.05) is 0 Å². The lowest BCUT2D eigenvalue weighted by atomic mass is 10.0. The summed E-state index contributed by atoms with van der Waals surface area (Å²) in [7, 11) is 2.17. The SMILES string of the molecule is Cc1cccc(N2CN(C)c3cccc4cccc2c34)c1C. The highest BCUT2D eigenvalue weighted by Crippen LogP contribution is 2.42. The van der Waals surface area contributed by atoms with Gasteiger partial charge in [0.2, 0.25) is 0 Å². The Morgan fingerprint density at radius 1 is 0.773 bits per heavy atom. The zero-order valence-electron chi connectivity index (χ0n) is 13.3. The first-order valence-electron chi connectivity index (χ1n) is 7.73. The van der Waals surface area contributed by atoms with Crippen LogP contribution in [0.4, 0.5) is 17.1 Å². The van der Waals surface area contributed by atoms with Gasteiger partial charge < -0.3 is 9.80 Å². The molecule has 0 spiro atoms. The first kappa shape index (κ1) is 13.2. The van der Waals surface area contributed by atoms with Crippen LogP contribution in [0.1, 0.15) is 11.1 Å². The summed E-state index contributed by atoms with van der Waals surface area (Å²) in [5.41, 5.74) is 6.61. The third-order valence-electron chi connectivity index (χ3n) is 4.78. The molecule has 1 heterocycles. The van der Waals surface area contributed by atoms with Crippen molar-refractivity contribution in [3.8, 4) is 0 Å². The molecule has 0 aliphatic carbocycles. The van der Waals surface area contributed by atoms with Crippen LogP contribution in [0.25, 0.3) is 10.8 Å². The second-order valence-electron chi connectivity index (χ2n) is 6.14. The summed E-state index contributed by atoms with van der Waals surface area (Å²) in [5, 5.41) is 2.65. The van der Waals surface area contributed by atoms with Crippen molar-refractivity contribution in [3.05, 3.63) is 65.7 Å². The van der Waals surface area contributed by atoms with Crippen LogP contribution in [-0.2, 0) is 0 Å². The average molecular weight is 288 g/mol. The first-order valence-corrected chi connectivity index (χ1v) is 7.73. The van der Waals surface area contributed by atoms with Crippen molar-refractivity contribution in [2.45, 2.75) is 13.8 Å². The molecular formula is C20H20N2. The second-order valence-corrected chi connectivity index (χ2v) is 6.14. The number of hydrogen-bond donors (Lipinski definition) is 0. The van der Waals surface area contributed by atoms with E-state index in [1.165, 1.54) is 39.0 Å². The molecule has 4 rings (SSSR count). The van der Waals surface area contributed by atoms with Gasteiger partial charge in [-0.1, -0.05) is 36.4 Å². The minimum atomic E-state index is 0.875. The van der Waals surface area contributed by atoms with Crippen molar-refractivity contribution in [1.29, 1.82) is 0 Å². The van der Waals surface area contributed by atoms with E-state index in [2.05, 4.69) is 85.3 Å². The standard InChI is InChI=1S/C20H20N2/c1-14-7-4-10-17(15(14)2)22-13-21(3)18-11-5-8-16-9-6-12-19(22)20(16)18/h4-12H,13H2,1-3H3. The Labute approximate surface area is 131 Å². The van der Waals surface area contributed by atoms with Gasteiger partial charge in [0.25, 0.3) is 0 Å². The molecule has 0 atom stereocenters. The van der Waals surface area contributed by atoms with Crippen LogP contribution in [0.15, 0.2) is 54.6 Å². The normalized spacial score (nSPS) is 13.8. The monoisotopic (exact) mass is 288 g/mol. The summed E-state index contributed by atoms with van der Waals surface area (Å²) >= 11 is 0. The molecule has 22 heavy (non-hydrogen) atoms. The lowest BCUT2D eigenvalue weighted by Gasteiger charge is -2.38. The fourth-order valence-electron chi connectivity index (χ4n) is 3.44. The van der Waals surface area contributed by atoms with Gasteiger partial charge in [0.05, 0.1) is 12.4 Å². The van der Waals surface area contributed by atoms with E-state index in [1.54, 1.807) is 0 Å². The molecule has 0 fully saturated rings. The maximum Gasteiger partial charge on any atom is 0.0949 e. The number of hydrogen-bond acceptors (Lipinski definition) is 2. The van der Waals surface area contributed by atoms with E-state index >= 15 is 0 Å². The molecule has 0 saturated heterocycles. The van der Waals surface area contributed by atoms with Gasteiger partial charge in [0, 0.05) is 23.8 Å². The van der Waals surface area contributed by atoms with E-state index in [-0.39, 0.29) is 0 Å². The quantitative estimate of drug-likeness (QED) is 0.621. The van der Waals surface area contributed by atoms with Gasteiger partial charge in [-0.2, -0.15) is 0 Å². The Hall–Kier alpha value is -2.48. The molecule has 0 unspecified atom stereocenters. The number of nitrogens with zero attached hydrogens (tertiary/aromatic N) is 2. The molecule has 0 bridgehead atoms. The van der Waals surface area contributed by atoms with Crippen molar-refractivity contribution in [2.75, 3.05) is 23.5 Å². The third kappa shape index (κ3) is 1.80. The Kier molecular flexibility index (Phi) is 2.86. The van der Waals surface area contributed by atoms with E-state index in [0.717, 1.165) is 6.67 Å². The topological polar surface area (TPSA) is 6.48 Å². The minimum absolute atomic E-state index is 0.875. The van der Waals surface area contributed by atoms with E-state index in [0.29, 0.717) is 0 Å². The molecule has 1 aliphatic rings. The summed E-state index contributed by atoms with van der Waals surface area (Å²) in [4.78, 5) is 4.76. The molecule has 110 valence electrons.